The van der Waals surface area contributed by atoms with Crippen LogP contribution in [0, 0.1) is 5.82 Å². The predicted molar refractivity (Wildman–Crippen MR) is 168 cm³/mol. The fourth-order valence-electron chi connectivity index (χ4n) is 5.22. The average Bonchev–Trinajstić information content (AvgIpc) is 3.39. The molecular weight excluding hydrogens is 622 g/mol. The van der Waals surface area contributed by atoms with Crippen molar-refractivity contribution >= 4 is 34.8 Å². The number of nitrogens with zero attached hydrogens (tertiary/aromatic N) is 4. The third-order valence-electron chi connectivity index (χ3n) is 7.44. The highest BCUT2D eigenvalue weighted by Crippen LogP contribution is 2.43. The molecule has 0 fully saturated rings. The normalized spacial score (nSPS) is 17.7. The number of amides is 2. The molecule has 5 rings (SSSR count). The molecule has 4 aromatic rings. The summed E-state index contributed by atoms with van der Waals surface area (Å²) in [6.07, 6.45) is -3.33. The molecular formula is C33H31F4N5O3S. The number of halogens is 4. The van der Waals surface area contributed by atoms with E-state index >= 15 is 0 Å². The van der Waals surface area contributed by atoms with Crippen LogP contribution in [-0.2, 0) is 22.0 Å². The van der Waals surface area contributed by atoms with Crippen LogP contribution in [0.3, 0.4) is 0 Å². The molecule has 240 valence electrons. The highest BCUT2D eigenvalue weighted by Gasteiger charge is 2.46. The molecule has 0 bridgehead atoms. The number of anilines is 1. The van der Waals surface area contributed by atoms with Crippen LogP contribution in [0.2, 0.25) is 0 Å². The van der Waals surface area contributed by atoms with Gasteiger partial charge in [0.15, 0.2) is 0 Å². The Morgan fingerprint density at radius 3 is 2.30 bits per heavy atom. The van der Waals surface area contributed by atoms with E-state index in [-0.39, 0.29) is 17.8 Å². The summed E-state index contributed by atoms with van der Waals surface area (Å²) in [4.78, 5) is 29.2. The smallest absolute Gasteiger partial charge is 0.339 e. The number of rotatable bonds is 7. The van der Waals surface area contributed by atoms with Gasteiger partial charge < -0.3 is 5.32 Å². The number of carbonyl (C=O) groups excluding carboxylic acids is 2. The molecule has 0 radical (unpaired) electrons. The molecule has 0 aliphatic carbocycles. The molecule has 3 aromatic carbocycles. The molecule has 2 unspecified atom stereocenters. The standard InChI is InChI=1S/C33H31F4N5O3S/c1-5-41-30-27(25(19-38-46(45)32(2,3)4)40-42(30)24-12-7-6-8-13-24)26(20-14-16-23(34)17-15-20)28(31(41)44)39-29(43)21-10-9-11-22(18-21)33(35,36)37/h6-19,26,28H,5H2,1-4H3,(H,39,43)/b38-19+/t26?,28?,46-/m1/s1. The first-order valence-corrected chi connectivity index (χ1v) is 15.5. The lowest BCUT2D eigenvalue weighted by molar-refractivity contribution is -0.137. The zero-order valence-corrected chi connectivity index (χ0v) is 26.2. The first-order valence-electron chi connectivity index (χ1n) is 14.4. The Balaban J connectivity index is 1.73. The predicted octanol–water partition coefficient (Wildman–Crippen LogP) is 6.21. The Kier molecular flexibility index (Phi) is 8.98. The Morgan fingerprint density at radius 2 is 1.70 bits per heavy atom. The summed E-state index contributed by atoms with van der Waals surface area (Å²) in [5.74, 6) is -2.62. The highest BCUT2D eigenvalue weighted by atomic mass is 32.2. The number of carbonyl (C=O) groups is 2. The summed E-state index contributed by atoms with van der Waals surface area (Å²) in [7, 11) is -1.67. The quantitative estimate of drug-likeness (QED) is 0.190. The van der Waals surface area contributed by atoms with Crippen molar-refractivity contribution in [2.45, 2.75) is 50.6 Å². The molecule has 2 amide bonds. The van der Waals surface area contributed by atoms with Crippen LogP contribution in [0.15, 0.2) is 83.3 Å². The van der Waals surface area contributed by atoms with Crippen molar-refractivity contribution in [3.63, 3.8) is 0 Å². The van der Waals surface area contributed by atoms with Crippen LogP contribution in [0.5, 0.6) is 0 Å². The van der Waals surface area contributed by atoms with Gasteiger partial charge in [-0.1, -0.05) is 36.4 Å². The van der Waals surface area contributed by atoms with Crippen LogP contribution in [0.1, 0.15) is 66.4 Å². The molecule has 13 heteroatoms. The number of para-hydroxylation sites is 1. The van der Waals surface area contributed by atoms with Gasteiger partial charge in [0.2, 0.25) is 0 Å². The molecule has 8 nitrogen and oxygen atoms in total. The Bertz CT molecular complexity index is 1820. The molecule has 3 atom stereocenters. The SMILES string of the molecule is CCN1C(=O)C(NC(=O)c2cccc(C(F)(F)F)c2)C(c2ccc(F)cc2)c2c(/C=N/[S@](=O)C(C)(C)C)nn(-c3ccccc3)c21. The minimum absolute atomic E-state index is 0.140. The maximum absolute atomic E-state index is 14.3. The third kappa shape index (κ3) is 6.50. The second kappa shape index (κ2) is 12.6. The van der Waals surface area contributed by atoms with Gasteiger partial charge in [-0.05, 0) is 75.7 Å². The molecule has 0 saturated carbocycles. The van der Waals surface area contributed by atoms with E-state index in [0.29, 0.717) is 28.7 Å². The van der Waals surface area contributed by atoms with Crippen molar-refractivity contribution in [2.75, 3.05) is 11.4 Å². The van der Waals surface area contributed by atoms with Crippen molar-refractivity contribution in [2.24, 2.45) is 4.40 Å². The summed E-state index contributed by atoms with van der Waals surface area (Å²) in [5, 5.41) is 7.44. The Morgan fingerprint density at radius 1 is 1.02 bits per heavy atom. The largest absolute Gasteiger partial charge is 0.416 e. The van der Waals surface area contributed by atoms with Crippen molar-refractivity contribution in [1.82, 2.24) is 15.1 Å². The van der Waals surface area contributed by atoms with Crippen molar-refractivity contribution < 1.29 is 31.4 Å². The van der Waals surface area contributed by atoms with Crippen molar-refractivity contribution in [3.05, 3.63) is 113 Å². The van der Waals surface area contributed by atoms with E-state index in [9.17, 15) is 31.4 Å². The third-order valence-corrected chi connectivity index (χ3v) is 8.78. The number of hydrogen-bond donors (Lipinski definition) is 1. The second-order valence-electron chi connectivity index (χ2n) is 11.6. The van der Waals surface area contributed by atoms with Gasteiger partial charge in [-0.3, -0.25) is 14.5 Å². The van der Waals surface area contributed by atoms with E-state index in [4.69, 9.17) is 5.10 Å². The fraction of sp³-hybridized carbons (Fsp3) is 0.273. The molecule has 2 heterocycles. The van der Waals surface area contributed by atoms with E-state index < -0.39 is 57.1 Å². The van der Waals surface area contributed by atoms with Crippen molar-refractivity contribution in [1.29, 1.82) is 0 Å². The van der Waals surface area contributed by atoms with Crippen LogP contribution in [-0.4, -0.2) is 49.4 Å². The van der Waals surface area contributed by atoms with Crippen LogP contribution in [0.4, 0.5) is 23.4 Å². The van der Waals surface area contributed by atoms with Gasteiger partial charge in [-0.15, -0.1) is 0 Å². The minimum atomic E-state index is -4.69. The average molecular weight is 654 g/mol. The number of likely N-dealkylation sites (N-methyl/N-ethyl adjacent to an activating group) is 1. The topological polar surface area (TPSA) is 96.7 Å². The zero-order chi connectivity index (χ0) is 33.4. The Labute approximate surface area is 265 Å². The maximum atomic E-state index is 14.3. The van der Waals surface area contributed by atoms with Crippen LogP contribution in [0.25, 0.3) is 5.69 Å². The van der Waals surface area contributed by atoms with Gasteiger partial charge >= 0.3 is 6.18 Å². The van der Waals surface area contributed by atoms with Crippen LogP contribution < -0.4 is 10.2 Å². The number of fused-ring (bicyclic) bond motifs is 1. The summed E-state index contributed by atoms with van der Waals surface area (Å²) in [6.45, 7) is 7.15. The molecule has 1 aliphatic rings. The molecule has 1 aromatic heterocycles. The van der Waals surface area contributed by atoms with E-state index in [1.54, 1.807) is 56.6 Å². The number of hydrogen-bond acceptors (Lipinski definition) is 4. The zero-order valence-electron chi connectivity index (χ0n) is 25.4. The summed E-state index contributed by atoms with van der Waals surface area (Å²) >= 11 is 0. The van der Waals surface area contributed by atoms with Gasteiger partial charge in [0.25, 0.3) is 11.8 Å². The maximum Gasteiger partial charge on any atom is 0.416 e. The number of nitrogens with one attached hydrogen (secondary N) is 1. The summed E-state index contributed by atoms with van der Waals surface area (Å²) < 4.78 is 72.6. The lowest BCUT2D eigenvalue weighted by Crippen LogP contribution is -2.55. The lowest BCUT2D eigenvalue weighted by Gasteiger charge is -2.38. The van der Waals surface area contributed by atoms with E-state index in [0.717, 1.165) is 12.1 Å². The monoisotopic (exact) mass is 653 g/mol. The molecule has 46 heavy (non-hydrogen) atoms. The molecule has 0 spiro atoms. The van der Waals surface area contributed by atoms with Gasteiger partial charge in [-0.25, -0.2) is 13.3 Å². The number of benzene rings is 3. The molecule has 0 saturated heterocycles. The van der Waals surface area contributed by atoms with Crippen molar-refractivity contribution in [3.8, 4) is 5.69 Å². The summed E-state index contributed by atoms with van der Waals surface area (Å²) in [5.41, 5.74) is 0.399. The minimum Gasteiger partial charge on any atom is -0.339 e. The van der Waals surface area contributed by atoms with Crippen LogP contribution >= 0.6 is 0 Å². The summed E-state index contributed by atoms with van der Waals surface area (Å²) in [6, 6.07) is 16.9. The van der Waals surface area contributed by atoms with E-state index in [1.807, 2.05) is 6.07 Å². The van der Waals surface area contributed by atoms with Gasteiger partial charge in [0, 0.05) is 23.6 Å². The van der Waals surface area contributed by atoms with Gasteiger partial charge in [0.1, 0.15) is 34.4 Å². The molecule has 1 N–H and O–H groups in total. The Hall–Kier alpha value is -4.65. The molecule has 1 aliphatic heterocycles. The van der Waals surface area contributed by atoms with Gasteiger partial charge in [0.05, 0.1) is 22.2 Å². The lowest BCUT2D eigenvalue weighted by atomic mass is 9.81. The first-order chi connectivity index (χ1) is 21.7. The fourth-order valence-corrected chi connectivity index (χ4v) is 5.73. The highest BCUT2D eigenvalue weighted by molar-refractivity contribution is 7.85. The second-order valence-corrected chi connectivity index (χ2v) is 13.5. The van der Waals surface area contributed by atoms with E-state index in [1.165, 1.54) is 41.4 Å². The van der Waals surface area contributed by atoms with Gasteiger partial charge in [-0.2, -0.15) is 22.7 Å². The van der Waals surface area contributed by atoms with E-state index in [2.05, 4.69) is 9.71 Å². The number of aromatic nitrogens is 2. The first kappa shape index (κ1) is 32.7. The number of alkyl halides is 3.